The Labute approximate surface area is 233 Å². The van der Waals surface area contributed by atoms with E-state index < -0.39 is 23.1 Å². The van der Waals surface area contributed by atoms with E-state index in [0.717, 1.165) is 24.3 Å². The van der Waals surface area contributed by atoms with Crippen molar-refractivity contribution in [2.45, 2.75) is 25.9 Å². The summed E-state index contributed by atoms with van der Waals surface area (Å²) in [6.07, 6.45) is 0. The van der Waals surface area contributed by atoms with Gasteiger partial charge in [-0.2, -0.15) is 0 Å². The second-order valence-electron chi connectivity index (χ2n) is 10.4. The summed E-state index contributed by atoms with van der Waals surface area (Å²) in [6.45, 7) is 6.12. The molecule has 0 saturated carbocycles. The second-order valence-corrected chi connectivity index (χ2v) is 10.4. The van der Waals surface area contributed by atoms with Gasteiger partial charge >= 0.3 is 0 Å². The van der Waals surface area contributed by atoms with Crippen LogP contribution in [0.4, 0.5) is 17.1 Å². The lowest BCUT2D eigenvalue weighted by molar-refractivity contribution is -0.143. The van der Waals surface area contributed by atoms with Gasteiger partial charge < -0.3 is 19.9 Å². The van der Waals surface area contributed by atoms with Crippen LogP contribution in [0.2, 0.25) is 0 Å². The first-order valence-electron chi connectivity index (χ1n) is 13.3. The fourth-order valence-electron chi connectivity index (χ4n) is 4.97. The van der Waals surface area contributed by atoms with Crippen LogP contribution in [0.1, 0.15) is 29.8 Å². The summed E-state index contributed by atoms with van der Waals surface area (Å²) >= 11 is 0. The zero-order valence-corrected chi connectivity index (χ0v) is 22.6. The number of anilines is 3. The van der Waals surface area contributed by atoms with Crippen LogP contribution in [-0.4, -0.2) is 66.8 Å². The van der Waals surface area contributed by atoms with E-state index >= 15 is 0 Å². The molecule has 0 aromatic heterocycles. The van der Waals surface area contributed by atoms with Gasteiger partial charge in [0.05, 0.1) is 24.5 Å². The van der Waals surface area contributed by atoms with Gasteiger partial charge in [-0.25, -0.2) is 0 Å². The first kappa shape index (κ1) is 27.1. The number of rotatable bonds is 8. The number of carbonyl (C=O) groups is 4. The van der Waals surface area contributed by atoms with E-state index in [1.165, 1.54) is 9.80 Å². The van der Waals surface area contributed by atoms with Crippen molar-refractivity contribution in [2.24, 2.45) is 0 Å². The summed E-state index contributed by atoms with van der Waals surface area (Å²) in [5.41, 5.74) is 1.86. The minimum Gasteiger partial charge on any atom is -0.378 e. The number of para-hydroxylation sites is 1. The number of nitrogens with one attached hydrogen (secondary N) is 1. The Bertz CT molecular complexity index is 1420. The molecule has 40 heavy (non-hydrogen) atoms. The fourth-order valence-corrected chi connectivity index (χ4v) is 4.97. The highest BCUT2D eigenvalue weighted by Crippen LogP contribution is 2.30. The molecule has 0 unspecified atom stereocenters. The molecule has 2 aliphatic rings. The maximum absolute atomic E-state index is 13.8. The maximum Gasteiger partial charge on any atom is 0.299 e. The van der Waals surface area contributed by atoms with E-state index in [9.17, 15) is 19.2 Å². The molecule has 0 atom stereocenters. The monoisotopic (exact) mass is 540 g/mol. The average molecular weight is 541 g/mol. The lowest BCUT2D eigenvalue weighted by Gasteiger charge is -2.38. The minimum atomic E-state index is -1.29. The predicted octanol–water partition coefficient (Wildman–Crippen LogP) is 3.50. The standard InChI is InChI=1S/C31H32N4O5/c1-31(2,30(39)32-23-12-14-24(15-13-23)33-16-18-40-19-17-33)35(20-22-8-4-3-5-9-22)27(36)21-34-26-11-7-6-10-25(26)28(37)29(34)38/h3-15H,16-21H2,1-2H3,(H,32,39). The van der Waals surface area contributed by atoms with Gasteiger partial charge in [-0.05, 0) is 55.8 Å². The number of ketones is 1. The quantitative estimate of drug-likeness (QED) is 0.439. The average Bonchev–Trinajstić information content (AvgIpc) is 3.22. The molecule has 9 heteroatoms. The summed E-state index contributed by atoms with van der Waals surface area (Å²) in [5.74, 6) is -2.22. The Morgan fingerprint density at radius 2 is 1.55 bits per heavy atom. The molecule has 3 aromatic rings. The number of hydrogen-bond acceptors (Lipinski definition) is 6. The first-order valence-corrected chi connectivity index (χ1v) is 13.3. The molecule has 3 amide bonds. The molecule has 1 saturated heterocycles. The number of ether oxygens (including phenoxy) is 1. The Hall–Kier alpha value is -4.50. The molecular weight excluding hydrogens is 508 g/mol. The van der Waals surface area contributed by atoms with Crippen LogP contribution in [0.3, 0.4) is 0 Å². The number of hydrogen-bond donors (Lipinski definition) is 1. The molecule has 2 aliphatic heterocycles. The molecule has 9 nitrogen and oxygen atoms in total. The van der Waals surface area contributed by atoms with Crippen molar-refractivity contribution < 1.29 is 23.9 Å². The number of morpholine rings is 1. The van der Waals surface area contributed by atoms with Gasteiger partial charge in [0, 0.05) is 31.0 Å². The van der Waals surface area contributed by atoms with Crippen LogP contribution < -0.4 is 15.1 Å². The largest absolute Gasteiger partial charge is 0.378 e. The summed E-state index contributed by atoms with van der Waals surface area (Å²) < 4.78 is 5.42. The van der Waals surface area contributed by atoms with Crippen molar-refractivity contribution in [1.29, 1.82) is 0 Å². The number of nitrogens with zero attached hydrogens (tertiary/aromatic N) is 3. The topological polar surface area (TPSA) is 99.3 Å². The summed E-state index contributed by atoms with van der Waals surface area (Å²) in [4.78, 5) is 57.6. The van der Waals surface area contributed by atoms with Crippen LogP contribution >= 0.6 is 0 Å². The van der Waals surface area contributed by atoms with E-state index in [1.807, 2.05) is 54.6 Å². The summed E-state index contributed by atoms with van der Waals surface area (Å²) in [7, 11) is 0. The first-order chi connectivity index (χ1) is 19.3. The van der Waals surface area contributed by atoms with Gasteiger partial charge in [0.2, 0.25) is 11.8 Å². The third-order valence-electron chi connectivity index (χ3n) is 7.39. The van der Waals surface area contributed by atoms with E-state index in [4.69, 9.17) is 4.74 Å². The van der Waals surface area contributed by atoms with Gasteiger partial charge in [-0.15, -0.1) is 0 Å². The molecule has 0 spiro atoms. The number of Topliss-reactive ketones (excluding diaryl/α,β-unsaturated/α-hetero) is 1. The van der Waals surface area contributed by atoms with Crippen LogP contribution in [-0.2, 0) is 25.7 Å². The Kier molecular flexibility index (Phi) is 7.66. The second kappa shape index (κ2) is 11.3. The molecule has 3 aromatic carbocycles. The summed E-state index contributed by atoms with van der Waals surface area (Å²) in [5, 5.41) is 2.95. The maximum atomic E-state index is 13.8. The van der Waals surface area contributed by atoms with Crippen molar-refractivity contribution in [3.63, 3.8) is 0 Å². The zero-order chi connectivity index (χ0) is 28.3. The van der Waals surface area contributed by atoms with Gasteiger partial charge in [-0.3, -0.25) is 24.1 Å². The highest BCUT2D eigenvalue weighted by molar-refractivity contribution is 6.52. The van der Waals surface area contributed by atoms with Crippen molar-refractivity contribution in [3.8, 4) is 0 Å². The molecular formula is C31H32N4O5. The van der Waals surface area contributed by atoms with Crippen molar-refractivity contribution in [1.82, 2.24) is 4.90 Å². The lowest BCUT2D eigenvalue weighted by atomic mass is 9.99. The molecule has 1 fully saturated rings. The SMILES string of the molecule is CC(C)(C(=O)Nc1ccc(N2CCOCC2)cc1)N(Cc1ccccc1)C(=O)CN1C(=O)C(=O)c2ccccc21. The number of benzene rings is 3. The van der Waals surface area contributed by atoms with E-state index in [0.29, 0.717) is 24.6 Å². The molecule has 0 bridgehead atoms. The molecule has 2 heterocycles. The number of carbonyl (C=O) groups excluding carboxylic acids is 4. The van der Waals surface area contributed by atoms with Gasteiger partial charge in [0.25, 0.3) is 11.7 Å². The zero-order valence-electron chi connectivity index (χ0n) is 22.6. The molecule has 5 rings (SSSR count). The van der Waals surface area contributed by atoms with Gasteiger partial charge in [0.1, 0.15) is 12.1 Å². The molecule has 1 N–H and O–H groups in total. The normalized spacial score (nSPS) is 15.2. The van der Waals surface area contributed by atoms with E-state index in [-0.39, 0.29) is 24.6 Å². The number of fused-ring (bicyclic) bond motifs is 1. The number of amides is 3. The fraction of sp³-hybridized carbons (Fsp3) is 0.290. The minimum absolute atomic E-state index is 0.147. The van der Waals surface area contributed by atoms with Crippen molar-refractivity contribution in [2.75, 3.05) is 48.0 Å². The van der Waals surface area contributed by atoms with Gasteiger partial charge in [-0.1, -0.05) is 42.5 Å². The summed E-state index contributed by atoms with van der Waals surface area (Å²) in [6, 6.07) is 23.5. The predicted molar refractivity (Wildman–Crippen MR) is 152 cm³/mol. The smallest absolute Gasteiger partial charge is 0.299 e. The highest BCUT2D eigenvalue weighted by Gasteiger charge is 2.42. The highest BCUT2D eigenvalue weighted by atomic mass is 16.5. The Morgan fingerprint density at radius 3 is 2.25 bits per heavy atom. The van der Waals surface area contributed by atoms with E-state index in [1.54, 1.807) is 38.1 Å². The molecule has 206 valence electrons. The molecule has 0 aliphatic carbocycles. The molecule has 0 radical (unpaired) electrons. The van der Waals surface area contributed by atoms with Crippen LogP contribution in [0.25, 0.3) is 0 Å². The van der Waals surface area contributed by atoms with E-state index in [2.05, 4.69) is 10.2 Å². The lowest BCUT2D eigenvalue weighted by Crippen LogP contribution is -2.57. The van der Waals surface area contributed by atoms with Crippen LogP contribution in [0, 0.1) is 0 Å². The van der Waals surface area contributed by atoms with Gasteiger partial charge in [0.15, 0.2) is 0 Å². The third kappa shape index (κ3) is 5.46. The van der Waals surface area contributed by atoms with Crippen LogP contribution in [0.5, 0.6) is 0 Å². The van der Waals surface area contributed by atoms with Crippen molar-refractivity contribution >= 4 is 40.6 Å². The Balaban J connectivity index is 1.36. The Morgan fingerprint density at radius 1 is 0.900 bits per heavy atom. The van der Waals surface area contributed by atoms with Crippen molar-refractivity contribution in [3.05, 3.63) is 90.0 Å². The van der Waals surface area contributed by atoms with Crippen LogP contribution in [0.15, 0.2) is 78.9 Å². The third-order valence-corrected chi connectivity index (χ3v) is 7.39.